The van der Waals surface area contributed by atoms with E-state index in [0.717, 1.165) is 31.2 Å². The zero-order valence-corrected chi connectivity index (χ0v) is 21.0. The van der Waals surface area contributed by atoms with E-state index >= 15 is 0 Å². The number of nitrogens with zero attached hydrogens (tertiary/aromatic N) is 3. The maximum atomic E-state index is 12.4. The molecule has 1 aromatic carbocycles. The van der Waals surface area contributed by atoms with Gasteiger partial charge in [0.15, 0.2) is 0 Å². The minimum Gasteiger partial charge on any atom is -0.351 e. The number of aryl methyl sites for hydroxylation is 1. The molecule has 2 heterocycles. The Morgan fingerprint density at radius 1 is 1.14 bits per heavy atom. The Labute approximate surface area is 211 Å². The summed E-state index contributed by atoms with van der Waals surface area (Å²) in [4.78, 5) is 13.6. The molecule has 0 unspecified atom stereocenters. The summed E-state index contributed by atoms with van der Waals surface area (Å²) in [6, 6.07) is 6.85. The van der Waals surface area contributed by atoms with Gasteiger partial charge in [0.25, 0.3) is 0 Å². The number of aromatic nitrogens is 3. The van der Waals surface area contributed by atoms with Gasteiger partial charge in [0.2, 0.25) is 16.0 Å². The number of pyridine rings is 1. The molecule has 0 saturated heterocycles. The summed E-state index contributed by atoms with van der Waals surface area (Å²) in [5.41, 5.74) is 9.27. The number of nitrogens with one attached hydrogen (secondary N) is 2. The molecule has 4 rings (SSSR count). The van der Waals surface area contributed by atoms with E-state index in [-0.39, 0.29) is 22.8 Å². The molecule has 194 valence electrons. The average molecular weight is 543 g/mol. The van der Waals surface area contributed by atoms with E-state index in [1.54, 1.807) is 12.3 Å². The Morgan fingerprint density at radius 2 is 1.86 bits per heavy atom. The van der Waals surface area contributed by atoms with Crippen LogP contribution < -0.4 is 15.8 Å². The minimum atomic E-state index is -4.58. The van der Waals surface area contributed by atoms with Gasteiger partial charge in [0, 0.05) is 17.6 Å². The fourth-order valence-electron chi connectivity index (χ4n) is 4.07. The van der Waals surface area contributed by atoms with Gasteiger partial charge < -0.3 is 11.1 Å². The number of sulfonamides is 1. The predicted octanol–water partition coefficient (Wildman–Crippen LogP) is 5.03. The Balaban J connectivity index is 1.52. The zero-order valence-electron chi connectivity index (χ0n) is 19.4. The lowest BCUT2D eigenvalue weighted by Crippen LogP contribution is -2.33. The summed E-state index contributed by atoms with van der Waals surface area (Å²) in [6.45, 7) is 1.90. The number of fused-ring (bicyclic) bond motifs is 1. The summed E-state index contributed by atoms with van der Waals surface area (Å²) in [6.07, 6.45) is -0.529. The summed E-state index contributed by atoms with van der Waals surface area (Å²) in [7, 11) is -4.22. The Hall–Kier alpha value is -2.70. The quantitative estimate of drug-likeness (QED) is 0.382. The second-order valence-electron chi connectivity index (χ2n) is 8.99. The van der Waals surface area contributed by atoms with Crippen molar-refractivity contribution in [1.29, 1.82) is 0 Å². The molecule has 4 N–H and O–H groups in total. The molecule has 0 aliphatic heterocycles. The van der Waals surface area contributed by atoms with Gasteiger partial charge in [-0.25, -0.2) is 23.4 Å². The molecule has 0 radical (unpaired) electrons. The molecule has 0 amide bonds. The Kier molecular flexibility index (Phi) is 7.58. The van der Waals surface area contributed by atoms with Crippen molar-refractivity contribution in [1.82, 2.24) is 15.0 Å². The van der Waals surface area contributed by atoms with E-state index in [0.29, 0.717) is 28.2 Å². The lowest BCUT2D eigenvalue weighted by Gasteiger charge is -2.26. The van der Waals surface area contributed by atoms with Crippen LogP contribution in [0.2, 0.25) is 5.02 Å². The number of benzene rings is 1. The smallest absolute Gasteiger partial charge is 0.351 e. The van der Waals surface area contributed by atoms with Crippen molar-refractivity contribution < 1.29 is 21.6 Å². The molecule has 1 fully saturated rings. The number of alkyl halides is 3. The van der Waals surface area contributed by atoms with Crippen LogP contribution >= 0.6 is 11.6 Å². The van der Waals surface area contributed by atoms with E-state index in [1.165, 1.54) is 12.1 Å². The average Bonchev–Trinajstić information content (AvgIpc) is 2.80. The summed E-state index contributed by atoms with van der Waals surface area (Å²) >= 11 is 6.24. The van der Waals surface area contributed by atoms with E-state index in [2.05, 4.69) is 25.0 Å². The standard InChI is InChI=1S/C23H26ClF3N6O2S/c1-13-10-19(14-2-7-18(17(24)11-14)33-36(34,35)9-8-23(25,26)27)31-20-12-29-22(32-21(13)20)30-16-5-3-15(28)4-6-16/h2,7,10-12,15-16,33H,3-6,8-9,28H2,1H3,(H,29,30,32). The molecule has 0 bridgehead atoms. The van der Waals surface area contributed by atoms with Crippen LogP contribution in [-0.2, 0) is 10.0 Å². The number of halogens is 4. The van der Waals surface area contributed by atoms with Crippen LogP contribution in [-0.4, -0.2) is 47.4 Å². The van der Waals surface area contributed by atoms with Gasteiger partial charge in [0.1, 0.15) is 5.52 Å². The highest BCUT2D eigenvalue weighted by molar-refractivity contribution is 7.92. The minimum absolute atomic E-state index is 0.0113. The number of hydrogen-bond acceptors (Lipinski definition) is 7. The van der Waals surface area contributed by atoms with Gasteiger partial charge in [-0.15, -0.1) is 0 Å². The van der Waals surface area contributed by atoms with Crippen molar-refractivity contribution in [3.63, 3.8) is 0 Å². The summed E-state index contributed by atoms with van der Waals surface area (Å²) in [5.74, 6) is -0.559. The van der Waals surface area contributed by atoms with E-state index < -0.39 is 28.4 Å². The normalized spacial score (nSPS) is 18.8. The molecule has 3 aromatic rings. The lowest BCUT2D eigenvalue weighted by molar-refractivity contribution is -0.129. The van der Waals surface area contributed by atoms with Crippen molar-refractivity contribution in [2.45, 2.75) is 57.3 Å². The molecule has 8 nitrogen and oxygen atoms in total. The molecule has 2 aromatic heterocycles. The third kappa shape index (κ3) is 6.74. The van der Waals surface area contributed by atoms with Gasteiger partial charge in [0.05, 0.1) is 40.3 Å². The topological polar surface area (TPSA) is 123 Å². The highest BCUT2D eigenvalue weighted by Gasteiger charge is 2.30. The molecule has 1 aliphatic carbocycles. The van der Waals surface area contributed by atoms with Crippen molar-refractivity contribution in [2.75, 3.05) is 15.8 Å². The Morgan fingerprint density at radius 3 is 2.53 bits per heavy atom. The first-order valence-corrected chi connectivity index (χ1v) is 13.5. The number of hydrogen-bond donors (Lipinski definition) is 3. The highest BCUT2D eigenvalue weighted by Crippen LogP contribution is 2.31. The molecule has 36 heavy (non-hydrogen) atoms. The van der Waals surface area contributed by atoms with E-state index in [9.17, 15) is 21.6 Å². The predicted molar refractivity (Wildman–Crippen MR) is 134 cm³/mol. The third-order valence-corrected chi connectivity index (χ3v) is 7.61. The van der Waals surface area contributed by atoms with Crippen LogP contribution in [0, 0.1) is 6.92 Å². The van der Waals surface area contributed by atoms with Crippen molar-refractivity contribution in [2.24, 2.45) is 5.73 Å². The molecule has 1 aliphatic rings. The fraction of sp³-hybridized carbons (Fsp3) is 0.435. The first-order chi connectivity index (χ1) is 16.9. The molecule has 13 heteroatoms. The maximum Gasteiger partial charge on any atom is 0.390 e. The maximum absolute atomic E-state index is 12.4. The van der Waals surface area contributed by atoms with Crippen LogP contribution in [0.15, 0.2) is 30.5 Å². The first kappa shape index (κ1) is 26.4. The van der Waals surface area contributed by atoms with Crippen LogP contribution in [0.5, 0.6) is 0 Å². The second-order valence-corrected chi connectivity index (χ2v) is 11.2. The lowest BCUT2D eigenvalue weighted by atomic mass is 9.92. The number of rotatable bonds is 7. The third-order valence-electron chi connectivity index (χ3n) is 6.03. The fourth-order valence-corrected chi connectivity index (χ4v) is 5.47. The first-order valence-electron chi connectivity index (χ1n) is 11.4. The van der Waals surface area contributed by atoms with Gasteiger partial charge >= 0.3 is 6.18 Å². The molecule has 0 atom stereocenters. The van der Waals surface area contributed by atoms with E-state index in [1.807, 2.05) is 13.0 Å². The second kappa shape index (κ2) is 10.3. The number of anilines is 2. The van der Waals surface area contributed by atoms with Crippen LogP contribution in [0.1, 0.15) is 37.7 Å². The van der Waals surface area contributed by atoms with Gasteiger partial charge in [-0.2, -0.15) is 13.2 Å². The van der Waals surface area contributed by atoms with Gasteiger partial charge in [-0.3, -0.25) is 4.72 Å². The highest BCUT2D eigenvalue weighted by atomic mass is 35.5. The van der Waals surface area contributed by atoms with Gasteiger partial charge in [-0.1, -0.05) is 17.7 Å². The largest absolute Gasteiger partial charge is 0.390 e. The van der Waals surface area contributed by atoms with Crippen LogP contribution in [0.4, 0.5) is 24.8 Å². The summed E-state index contributed by atoms with van der Waals surface area (Å²) < 4.78 is 63.3. The van der Waals surface area contributed by atoms with Crippen molar-refractivity contribution in [3.05, 3.63) is 41.0 Å². The molecular weight excluding hydrogens is 517 g/mol. The SMILES string of the molecule is Cc1cc(-c2ccc(NS(=O)(=O)CCC(F)(F)F)c(Cl)c2)nc2cnc(NC3CCC(N)CC3)nc12. The number of nitrogens with two attached hydrogens (primary N) is 1. The van der Waals surface area contributed by atoms with Crippen LogP contribution in [0.25, 0.3) is 22.3 Å². The van der Waals surface area contributed by atoms with Crippen LogP contribution in [0.3, 0.4) is 0 Å². The monoisotopic (exact) mass is 542 g/mol. The van der Waals surface area contributed by atoms with Gasteiger partial charge in [-0.05, 0) is 56.4 Å². The summed E-state index contributed by atoms with van der Waals surface area (Å²) in [5, 5.41) is 3.41. The van der Waals surface area contributed by atoms with E-state index in [4.69, 9.17) is 17.3 Å². The zero-order chi connectivity index (χ0) is 26.1. The molecular formula is C23H26ClF3N6O2S. The van der Waals surface area contributed by atoms with Crippen molar-refractivity contribution >= 4 is 44.3 Å². The van der Waals surface area contributed by atoms with Crippen molar-refractivity contribution in [3.8, 4) is 11.3 Å². The Bertz CT molecular complexity index is 1360. The molecule has 0 spiro atoms. The molecule has 1 saturated carbocycles.